The molecular weight excluding hydrogens is 362 g/mol. The fourth-order valence-electron chi connectivity index (χ4n) is 2.05. The average molecular weight is 380 g/mol. The molecule has 1 unspecified atom stereocenters. The van der Waals surface area contributed by atoms with Crippen molar-refractivity contribution in [3.8, 4) is 0 Å². The Morgan fingerprint density at radius 2 is 2.04 bits per heavy atom. The minimum Gasteiger partial charge on any atom is -0.268 e. The average Bonchev–Trinajstić information content (AvgIpc) is 2.99. The van der Waals surface area contributed by atoms with Crippen molar-refractivity contribution in [2.75, 3.05) is 10.5 Å². The molecule has 0 spiro atoms. The molecule has 8 heteroatoms. The van der Waals surface area contributed by atoms with Crippen LogP contribution in [0, 0.1) is 0 Å². The number of rotatable bonds is 5. The number of sulfonamides is 1. The van der Waals surface area contributed by atoms with Gasteiger partial charge in [0.2, 0.25) is 0 Å². The van der Waals surface area contributed by atoms with Gasteiger partial charge in [0.25, 0.3) is 10.0 Å². The number of thioether (sulfide) groups is 2. The van der Waals surface area contributed by atoms with E-state index in [2.05, 4.69) is 21.6 Å². The van der Waals surface area contributed by atoms with Crippen LogP contribution in [0.2, 0.25) is 0 Å². The summed E-state index contributed by atoms with van der Waals surface area (Å²) in [6.07, 6.45) is 1.54. The summed E-state index contributed by atoms with van der Waals surface area (Å²) in [5.74, 6) is 2.13. The van der Waals surface area contributed by atoms with E-state index in [-0.39, 0.29) is 4.90 Å². The van der Waals surface area contributed by atoms with Gasteiger partial charge in [-0.15, -0.1) is 0 Å². The SMILES string of the molecule is CC1CSC(SCc2ccc(S(=O)(=O)Nc3ccccn3)cc2)=N1. The van der Waals surface area contributed by atoms with Crippen LogP contribution < -0.4 is 4.72 Å². The fraction of sp³-hybridized carbons (Fsp3) is 0.250. The lowest BCUT2D eigenvalue weighted by molar-refractivity contribution is 0.601. The van der Waals surface area contributed by atoms with Crippen LogP contribution in [0.1, 0.15) is 12.5 Å². The predicted molar refractivity (Wildman–Crippen MR) is 102 cm³/mol. The van der Waals surface area contributed by atoms with Crippen molar-refractivity contribution in [3.05, 3.63) is 54.2 Å². The van der Waals surface area contributed by atoms with Crippen LogP contribution in [-0.2, 0) is 15.8 Å². The molecule has 0 amide bonds. The van der Waals surface area contributed by atoms with Crippen LogP contribution >= 0.6 is 23.5 Å². The van der Waals surface area contributed by atoms with Gasteiger partial charge in [-0.05, 0) is 36.8 Å². The van der Waals surface area contributed by atoms with E-state index < -0.39 is 10.0 Å². The second-order valence-corrected chi connectivity index (χ2v) is 9.22. The number of nitrogens with one attached hydrogen (secondary N) is 1. The van der Waals surface area contributed by atoms with Gasteiger partial charge >= 0.3 is 0 Å². The summed E-state index contributed by atoms with van der Waals surface area (Å²) in [6, 6.07) is 12.4. The standard InChI is InChI=1S/C16H17N3O2S3/c1-12-10-22-16(18-12)23-11-13-5-7-14(8-6-13)24(20,21)19-15-4-2-3-9-17-15/h2-9,12H,10-11H2,1H3,(H,17,19). The van der Waals surface area contributed by atoms with E-state index in [1.54, 1.807) is 60.1 Å². The maximum Gasteiger partial charge on any atom is 0.263 e. The molecule has 2 aromatic rings. The van der Waals surface area contributed by atoms with Gasteiger partial charge in [-0.25, -0.2) is 13.4 Å². The van der Waals surface area contributed by atoms with Gasteiger partial charge in [-0.1, -0.05) is 41.7 Å². The molecule has 1 aromatic heterocycles. The maximum absolute atomic E-state index is 12.3. The Bertz CT molecular complexity index is 821. The number of hydrogen-bond acceptors (Lipinski definition) is 6. The largest absolute Gasteiger partial charge is 0.268 e. The first-order chi connectivity index (χ1) is 11.5. The third-order valence-corrected chi connectivity index (χ3v) is 7.18. The van der Waals surface area contributed by atoms with Crippen molar-refractivity contribution in [3.63, 3.8) is 0 Å². The van der Waals surface area contributed by atoms with Crippen molar-refractivity contribution in [2.45, 2.75) is 23.6 Å². The highest BCUT2D eigenvalue weighted by Gasteiger charge is 2.16. The summed E-state index contributed by atoms with van der Waals surface area (Å²) in [7, 11) is -3.62. The first-order valence-corrected chi connectivity index (χ1v) is 10.8. The Morgan fingerprint density at radius 1 is 1.25 bits per heavy atom. The Kier molecular flexibility index (Phi) is 5.47. The summed E-state index contributed by atoms with van der Waals surface area (Å²) in [5.41, 5.74) is 1.07. The van der Waals surface area contributed by atoms with E-state index >= 15 is 0 Å². The molecule has 0 fully saturated rings. The fourth-order valence-corrected chi connectivity index (χ4v) is 5.23. The monoisotopic (exact) mass is 379 g/mol. The van der Waals surface area contributed by atoms with Gasteiger partial charge in [0.15, 0.2) is 0 Å². The van der Waals surface area contributed by atoms with Gasteiger partial charge in [-0.2, -0.15) is 0 Å². The molecule has 0 aliphatic carbocycles. The van der Waals surface area contributed by atoms with E-state index in [0.29, 0.717) is 11.9 Å². The van der Waals surface area contributed by atoms with Gasteiger partial charge in [-0.3, -0.25) is 9.71 Å². The van der Waals surface area contributed by atoms with Crippen LogP contribution in [0.5, 0.6) is 0 Å². The number of hydrogen-bond donors (Lipinski definition) is 1. The first kappa shape index (κ1) is 17.3. The van der Waals surface area contributed by atoms with E-state index in [1.807, 2.05) is 12.1 Å². The number of nitrogens with zero attached hydrogens (tertiary/aromatic N) is 2. The number of aliphatic imine (C=N–C) groups is 1. The Morgan fingerprint density at radius 3 is 2.67 bits per heavy atom. The van der Waals surface area contributed by atoms with E-state index in [4.69, 9.17) is 0 Å². The van der Waals surface area contributed by atoms with Crippen molar-refractivity contribution in [2.24, 2.45) is 4.99 Å². The smallest absolute Gasteiger partial charge is 0.263 e. The lowest BCUT2D eigenvalue weighted by Gasteiger charge is -2.08. The Balaban J connectivity index is 1.64. The molecule has 1 aliphatic rings. The molecule has 1 aliphatic heterocycles. The summed E-state index contributed by atoms with van der Waals surface area (Å²) in [5, 5.41) is 0. The summed E-state index contributed by atoms with van der Waals surface area (Å²) in [4.78, 5) is 8.74. The van der Waals surface area contributed by atoms with Crippen molar-refractivity contribution >= 4 is 43.7 Å². The molecule has 0 saturated heterocycles. The zero-order valence-corrected chi connectivity index (χ0v) is 15.5. The van der Waals surface area contributed by atoms with Gasteiger partial charge in [0.05, 0.1) is 10.9 Å². The van der Waals surface area contributed by atoms with E-state index in [1.165, 1.54) is 0 Å². The highest BCUT2D eigenvalue weighted by molar-refractivity contribution is 8.38. The molecule has 3 rings (SSSR count). The maximum atomic E-state index is 12.3. The normalized spacial score (nSPS) is 17.5. The molecule has 0 bridgehead atoms. The molecule has 24 heavy (non-hydrogen) atoms. The molecule has 1 atom stereocenters. The topological polar surface area (TPSA) is 71.4 Å². The summed E-state index contributed by atoms with van der Waals surface area (Å²) >= 11 is 3.47. The minimum absolute atomic E-state index is 0.225. The predicted octanol–water partition coefficient (Wildman–Crippen LogP) is 3.61. The second kappa shape index (κ2) is 7.58. The molecular formula is C16H17N3O2S3. The van der Waals surface area contributed by atoms with Gasteiger partial charge < -0.3 is 0 Å². The van der Waals surface area contributed by atoms with Crippen LogP contribution in [0.15, 0.2) is 58.5 Å². The number of pyridine rings is 1. The Hall–Kier alpha value is -1.51. The Labute approximate surface area is 150 Å². The van der Waals surface area contributed by atoms with Crippen LogP contribution in [0.3, 0.4) is 0 Å². The number of aromatic nitrogens is 1. The second-order valence-electron chi connectivity index (χ2n) is 5.31. The highest BCUT2D eigenvalue weighted by Crippen LogP contribution is 2.28. The molecule has 126 valence electrons. The first-order valence-electron chi connectivity index (χ1n) is 7.39. The van der Waals surface area contributed by atoms with Gasteiger partial charge in [0, 0.05) is 17.7 Å². The molecule has 0 radical (unpaired) electrons. The van der Waals surface area contributed by atoms with Gasteiger partial charge in [0.1, 0.15) is 10.2 Å². The number of benzene rings is 1. The zero-order valence-electron chi connectivity index (χ0n) is 13.0. The van der Waals surface area contributed by atoms with Crippen LogP contribution in [0.25, 0.3) is 0 Å². The van der Waals surface area contributed by atoms with Crippen LogP contribution in [-0.4, -0.2) is 29.6 Å². The molecule has 0 saturated carbocycles. The third kappa shape index (κ3) is 4.52. The molecule has 2 heterocycles. The molecule has 5 nitrogen and oxygen atoms in total. The highest BCUT2D eigenvalue weighted by atomic mass is 32.2. The van der Waals surface area contributed by atoms with E-state index in [0.717, 1.165) is 21.4 Å². The molecule has 1 aromatic carbocycles. The number of anilines is 1. The minimum atomic E-state index is -3.62. The lowest BCUT2D eigenvalue weighted by atomic mass is 10.2. The van der Waals surface area contributed by atoms with Crippen molar-refractivity contribution in [1.82, 2.24) is 4.98 Å². The van der Waals surface area contributed by atoms with Crippen molar-refractivity contribution < 1.29 is 8.42 Å². The molecule has 1 N–H and O–H groups in total. The van der Waals surface area contributed by atoms with E-state index in [9.17, 15) is 8.42 Å². The van der Waals surface area contributed by atoms with Crippen molar-refractivity contribution in [1.29, 1.82) is 0 Å². The third-order valence-electron chi connectivity index (χ3n) is 3.27. The quantitative estimate of drug-likeness (QED) is 0.859. The summed E-state index contributed by atoms with van der Waals surface area (Å²) < 4.78 is 28.3. The van der Waals surface area contributed by atoms with Crippen LogP contribution in [0.4, 0.5) is 5.82 Å². The lowest BCUT2D eigenvalue weighted by Crippen LogP contribution is -2.13. The zero-order chi connectivity index (χ0) is 17.0. The summed E-state index contributed by atoms with van der Waals surface area (Å²) in [6.45, 7) is 2.11.